The number of aryl methyl sites for hydroxylation is 1. The van der Waals surface area contributed by atoms with Crippen molar-refractivity contribution in [2.24, 2.45) is 7.05 Å². The molecule has 0 saturated heterocycles. The van der Waals surface area contributed by atoms with E-state index in [1.54, 1.807) is 13.1 Å². The maximum atomic E-state index is 14.4. The van der Waals surface area contributed by atoms with Gasteiger partial charge in [-0.2, -0.15) is 13.2 Å². The zero-order chi connectivity index (χ0) is 25.2. The van der Waals surface area contributed by atoms with Gasteiger partial charge in [-0.3, -0.25) is 4.79 Å². The molecule has 184 valence electrons. The maximum Gasteiger partial charge on any atom is 0.437 e. The van der Waals surface area contributed by atoms with Crippen molar-refractivity contribution in [1.82, 2.24) is 29.4 Å². The number of nitrogens with one attached hydrogen (secondary N) is 1. The summed E-state index contributed by atoms with van der Waals surface area (Å²) in [6.07, 6.45) is -0.588. The van der Waals surface area contributed by atoms with Crippen molar-refractivity contribution in [2.45, 2.75) is 18.6 Å². The van der Waals surface area contributed by atoms with Gasteiger partial charge in [0, 0.05) is 25.7 Å². The highest BCUT2D eigenvalue weighted by molar-refractivity contribution is 5.94. The fourth-order valence-corrected chi connectivity index (χ4v) is 4.42. The molecule has 1 atom stereocenters. The average molecular weight is 500 g/mol. The molecule has 1 aromatic carbocycles. The highest BCUT2D eigenvalue weighted by Gasteiger charge is 2.45. The van der Waals surface area contributed by atoms with E-state index in [9.17, 15) is 22.4 Å². The lowest BCUT2D eigenvalue weighted by molar-refractivity contribution is -0.141. The number of carbonyl (C=O) groups excluding carboxylic acids is 1. The molecule has 36 heavy (non-hydrogen) atoms. The Kier molecular flexibility index (Phi) is 4.78. The predicted octanol–water partition coefficient (Wildman–Crippen LogP) is 4.49. The summed E-state index contributed by atoms with van der Waals surface area (Å²) in [6.45, 7) is 0.0251. The lowest BCUT2D eigenvalue weighted by atomic mass is 9.99. The number of imidazole rings is 2. The minimum Gasteiger partial charge on any atom is -0.458 e. The molecular weight excluding hydrogens is 484 g/mol. The van der Waals surface area contributed by atoms with E-state index < -0.39 is 41.3 Å². The van der Waals surface area contributed by atoms with Crippen LogP contribution >= 0.6 is 0 Å². The van der Waals surface area contributed by atoms with Gasteiger partial charge in [0.1, 0.15) is 28.9 Å². The molecule has 0 saturated carbocycles. The minimum atomic E-state index is -4.96. The molecule has 1 aliphatic heterocycles. The van der Waals surface area contributed by atoms with Crippen molar-refractivity contribution in [2.75, 3.05) is 6.54 Å². The Morgan fingerprint density at radius 1 is 1.25 bits per heavy atom. The summed E-state index contributed by atoms with van der Waals surface area (Å²) >= 11 is 0. The zero-order valence-corrected chi connectivity index (χ0v) is 18.5. The number of halogens is 4. The number of H-pyrrole nitrogens is 1. The first-order chi connectivity index (χ1) is 17.2. The molecule has 13 heteroatoms. The third-order valence-corrected chi connectivity index (χ3v) is 6.11. The second kappa shape index (κ2) is 7.80. The molecule has 9 nitrogen and oxygen atoms in total. The largest absolute Gasteiger partial charge is 0.458 e. The Balaban J connectivity index is 1.48. The third kappa shape index (κ3) is 3.38. The molecule has 5 aromatic rings. The van der Waals surface area contributed by atoms with Gasteiger partial charge in [-0.25, -0.2) is 19.3 Å². The Hall–Kier alpha value is -4.42. The van der Waals surface area contributed by atoms with Crippen LogP contribution in [0.1, 0.15) is 39.4 Å². The molecule has 1 aliphatic rings. The van der Waals surface area contributed by atoms with E-state index in [2.05, 4.69) is 19.9 Å². The molecule has 0 unspecified atom stereocenters. The number of hydrogen-bond acceptors (Lipinski definition) is 6. The molecule has 0 radical (unpaired) electrons. The highest BCUT2D eigenvalue weighted by Crippen LogP contribution is 2.40. The lowest BCUT2D eigenvalue weighted by Crippen LogP contribution is -2.41. The Bertz CT molecular complexity index is 1610. The lowest BCUT2D eigenvalue weighted by Gasteiger charge is -2.33. The Morgan fingerprint density at radius 2 is 2.08 bits per heavy atom. The number of aromatic amines is 1. The van der Waals surface area contributed by atoms with Crippen LogP contribution in [0.3, 0.4) is 0 Å². The van der Waals surface area contributed by atoms with Gasteiger partial charge >= 0.3 is 6.18 Å². The predicted molar refractivity (Wildman–Crippen MR) is 115 cm³/mol. The number of rotatable bonds is 3. The Morgan fingerprint density at radius 3 is 2.81 bits per heavy atom. The van der Waals surface area contributed by atoms with Crippen LogP contribution in [0, 0.1) is 5.82 Å². The van der Waals surface area contributed by atoms with Crippen molar-refractivity contribution in [3.8, 4) is 11.6 Å². The van der Waals surface area contributed by atoms with E-state index in [-0.39, 0.29) is 29.0 Å². The van der Waals surface area contributed by atoms with Crippen molar-refractivity contribution in [3.63, 3.8) is 0 Å². The van der Waals surface area contributed by atoms with Crippen LogP contribution in [0.25, 0.3) is 22.6 Å². The third-order valence-electron chi connectivity index (χ3n) is 6.11. The number of furan rings is 1. The quantitative estimate of drug-likeness (QED) is 0.366. The van der Waals surface area contributed by atoms with Crippen molar-refractivity contribution < 1.29 is 31.2 Å². The molecule has 6 rings (SSSR count). The van der Waals surface area contributed by atoms with Crippen LogP contribution in [0.15, 0.2) is 52.0 Å². The Labute approximate surface area is 199 Å². The molecule has 4 aromatic heterocycles. The first kappa shape index (κ1) is 22.1. The monoisotopic (exact) mass is 500 g/mol. The van der Waals surface area contributed by atoms with Gasteiger partial charge < -0.3 is 23.3 Å². The average Bonchev–Trinajstić information content (AvgIpc) is 3.62. The second-order valence-corrected chi connectivity index (χ2v) is 8.30. The topological polar surface area (TPSA) is 106 Å². The van der Waals surface area contributed by atoms with E-state index in [0.717, 1.165) is 0 Å². The van der Waals surface area contributed by atoms with Gasteiger partial charge in [0.15, 0.2) is 5.69 Å². The zero-order valence-electron chi connectivity index (χ0n) is 18.5. The minimum absolute atomic E-state index is 0.0251. The van der Waals surface area contributed by atoms with Crippen LogP contribution < -0.4 is 0 Å². The van der Waals surface area contributed by atoms with Crippen LogP contribution in [0.2, 0.25) is 0 Å². The van der Waals surface area contributed by atoms with Gasteiger partial charge in [0.2, 0.25) is 11.7 Å². The van der Waals surface area contributed by atoms with E-state index in [4.69, 9.17) is 8.83 Å². The standard InChI is InChI=1S/C23H16F4N6O3/c1-32-10-28-8-14(32)21-31-20(23(25,26)27)19(36-21)22(34)33-6-5-13-17(30-9-29-13)18(33)16-7-11-12(24)3-2-4-15(11)35-16/h2-4,7-10,18H,5-6H2,1H3,(H,29,30)/t18-/m1/s1. The molecule has 1 N–H and O–H groups in total. The SMILES string of the molecule is Cn1cncc1-c1nc(C(F)(F)F)c(C(=O)N2CCc3[nH]cnc3[C@H]2c2cc3c(F)cccc3o2)o1. The normalized spacial score (nSPS) is 16.0. The van der Waals surface area contributed by atoms with Crippen LogP contribution in [-0.2, 0) is 19.6 Å². The van der Waals surface area contributed by atoms with Crippen molar-refractivity contribution in [1.29, 1.82) is 0 Å². The number of fused-ring (bicyclic) bond motifs is 2. The number of hydrogen-bond donors (Lipinski definition) is 1. The summed E-state index contributed by atoms with van der Waals surface area (Å²) in [5.74, 6) is -2.80. The molecule has 0 spiro atoms. The van der Waals surface area contributed by atoms with E-state index in [0.29, 0.717) is 17.8 Å². The summed E-state index contributed by atoms with van der Waals surface area (Å²) in [6, 6.07) is 4.69. The van der Waals surface area contributed by atoms with Gasteiger partial charge in [-0.05, 0) is 18.2 Å². The second-order valence-electron chi connectivity index (χ2n) is 8.30. The van der Waals surface area contributed by atoms with Crippen LogP contribution in [-0.4, -0.2) is 41.9 Å². The highest BCUT2D eigenvalue weighted by atomic mass is 19.4. The number of carbonyl (C=O) groups is 1. The number of oxazole rings is 1. The first-order valence-electron chi connectivity index (χ1n) is 10.8. The molecule has 1 amide bonds. The fourth-order valence-electron chi connectivity index (χ4n) is 4.42. The summed E-state index contributed by atoms with van der Waals surface area (Å²) < 4.78 is 68.8. The molecular formula is C23H16F4N6O3. The number of amides is 1. The van der Waals surface area contributed by atoms with Crippen LogP contribution in [0.4, 0.5) is 17.6 Å². The van der Waals surface area contributed by atoms with Crippen LogP contribution in [0.5, 0.6) is 0 Å². The fraction of sp³-hybridized carbons (Fsp3) is 0.217. The van der Waals surface area contributed by atoms with E-state index in [1.807, 2.05) is 0 Å². The number of benzene rings is 1. The molecule has 5 heterocycles. The summed E-state index contributed by atoms with van der Waals surface area (Å²) in [4.78, 5) is 29.5. The van der Waals surface area contributed by atoms with Gasteiger partial charge in [-0.15, -0.1) is 0 Å². The first-order valence-corrected chi connectivity index (χ1v) is 10.8. The van der Waals surface area contributed by atoms with Crippen molar-refractivity contribution in [3.05, 3.63) is 77.5 Å². The van der Waals surface area contributed by atoms with E-state index >= 15 is 0 Å². The summed E-state index contributed by atoms with van der Waals surface area (Å²) in [7, 11) is 1.56. The van der Waals surface area contributed by atoms with Gasteiger partial charge in [0.25, 0.3) is 5.91 Å². The summed E-state index contributed by atoms with van der Waals surface area (Å²) in [5, 5.41) is 0.177. The van der Waals surface area contributed by atoms with Crippen molar-refractivity contribution >= 4 is 16.9 Å². The smallest absolute Gasteiger partial charge is 0.437 e. The number of alkyl halides is 3. The molecule has 0 bridgehead atoms. The van der Waals surface area contributed by atoms with E-state index in [1.165, 1.54) is 46.5 Å². The number of nitrogens with zero attached hydrogens (tertiary/aromatic N) is 5. The number of aromatic nitrogens is 5. The van der Waals surface area contributed by atoms with Gasteiger partial charge in [0.05, 0.1) is 29.9 Å². The molecule has 0 aliphatic carbocycles. The molecule has 0 fully saturated rings. The summed E-state index contributed by atoms with van der Waals surface area (Å²) in [5.41, 5.74) is 0.0142. The maximum absolute atomic E-state index is 14.4. The van der Waals surface area contributed by atoms with Gasteiger partial charge in [-0.1, -0.05) is 6.07 Å².